The number of hydrogen-bond acceptors (Lipinski definition) is 2. The molecule has 1 saturated heterocycles. The molecule has 1 heterocycles. The lowest BCUT2D eigenvalue weighted by atomic mass is 10.1. The van der Waals surface area contributed by atoms with Crippen molar-refractivity contribution in [3.05, 3.63) is 57.2 Å². The first-order valence-corrected chi connectivity index (χ1v) is 8.46. The normalized spacial score (nSPS) is 15.0. The molecular formula is C18H19IN2. The first kappa shape index (κ1) is 14.6. The third kappa shape index (κ3) is 3.46. The van der Waals surface area contributed by atoms with Gasteiger partial charge in [-0.15, -0.1) is 0 Å². The maximum atomic E-state index is 4.62. The average molecular weight is 390 g/mol. The number of anilines is 1. The summed E-state index contributed by atoms with van der Waals surface area (Å²) in [7, 11) is 0. The summed E-state index contributed by atoms with van der Waals surface area (Å²) in [4.78, 5) is 7.08. The molecule has 0 aliphatic carbocycles. The second-order valence-corrected chi connectivity index (χ2v) is 6.61. The van der Waals surface area contributed by atoms with Gasteiger partial charge in [-0.3, -0.25) is 4.99 Å². The fraction of sp³-hybridized carbons (Fsp3) is 0.278. The summed E-state index contributed by atoms with van der Waals surface area (Å²) >= 11 is 2.32. The van der Waals surface area contributed by atoms with Gasteiger partial charge in [-0.25, -0.2) is 0 Å². The van der Waals surface area contributed by atoms with Crippen molar-refractivity contribution in [2.75, 3.05) is 18.0 Å². The molecule has 0 radical (unpaired) electrons. The number of para-hydroxylation sites is 1. The number of rotatable bonds is 3. The van der Waals surface area contributed by atoms with Crippen LogP contribution in [0.15, 0.2) is 47.5 Å². The molecule has 1 aliphatic rings. The van der Waals surface area contributed by atoms with E-state index in [0.717, 1.165) is 5.69 Å². The third-order valence-electron chi connectivity index (χ3n) is 3.92. The maximum absolute atomic E-state index is 4.62. The van der Waals surface area contributed by atoms with Crippen molar-refractivity contribution >= 4 is 40.2 Å². The van der Waals surface area contributed by atoms with E-state index < -0.39 is 0 Å². The molecule has 3 rings (SSSR count). The Morgan fingerprint density at radius 3 is 2.57 bits per heavy atom. The number of aliphatic imine (C=N–C) groups is 1. The molecule has 0 atom stereocenters. The second kappa shape index (κ2) is 6.60. The molecule has 2 aromatic rings. The largest absolute Gasteiger partial charge is 0.372 e. The van der Waals surface area contributed by atoms with Gasteiger partial charge in [-0.1, -0.05) is 18.2 Å². The van der Waals surface area contributed by atoms with Crippen LogP contribution in [0.4, 0.5) is 11.4 Å². The van der Waals surface area contributed by atoms with Crippen LogP contribution in [-0.2, 0) is 0 Å². The topological polar surface area (TPSA) is 15.6 Å². The third-order valence-corrected chi connectivity index (χ3v) is 4.83. The molecule has 1 fully saturated rings. The molecular weight excluding hydrogens is 371 g/mol. The smallest absolute Gasteiger partial charge is 0.0763 e. The van der Waals surface area contributed by atoms with Crippen molar-refractivity contribution in [3.8, 4) is 0 Å². The minimum Gasteiger partial charge on any atom is -0.372 e. The zero-order valence-corrected chi connectivity index (χ0v) is 14.4. The number of aryl methyl sites for hydroxylation is 1. The summed E-state index contributed by atoms with van der Waals surface area (Å²) in [5, 5.41) is 0. The van der Waals surface area contributed by atoms with Crippen LogP contribution in [0.3, 0.4) is 0 Å². The van der Waals surface area contributed by atoms with Crippen LogP contribution in [0.1, 0.15) is 24.0 Å². The van der Waals surface area contributed by atoms with Crippen molar-refractivity contribution in [1.82, 2.24) is 0 Å². The SMILES string of the molecule is Cc1cc(N2CCCC2)ccc1C=Nc1ccccc1I. The van der Waals surface area contributed by atoms with Gasteiger partial charge in [-0.05, 0) is 77.7 Å². The lowest BCUT2D eigenvalue weighted by Crippen LogP contribution is -2.17. The highest BCUT2D eigenvalue weighted by Crippen LogP contribution is 2.24. The van der Waals surface area contributed by atoms with Crippen LogP contribution in [-0.4, -0.2) is 19.3 Å². The first-order chi connectivity index (χ1) is 10.2. The molecule has 0 bridgehead atoms. The van der Waals surface area contributed by atoms with E-state index in [9.17, 15) is 0 Å². The van der Waals surface area contributed by atoms with Crippen LogP contribution in [0.5, 0.6) is 0 Å². The van der Waals surface area contributed by atoms with E-state index in [2.05, 4.69) is 63.7 Å². The fourth-order valence-electron chi connectivity index (χ4n) is 2.67. The molecule has 2 aromatic carbocycles. The van der Waals surface area contributed by atoms with E-state index >= 15 is 0 Å². The lowest BCUT2D eigenvalue weighted by Gasteiger charge is -2.18. The quantitative estimate of drug-likeness (QED) is 0.535. The van der Waals surface area contributed by atoms with Crippen LogP contribution in [0.2, 0.25) is 0 Å². The van der Waals surface area contributed by atoms with Gasteiger partial charge in [0.2, 0.25) is 0 Å². The number of hydrogen-bond donors (Lipinski definition) is 0. The van der Waals surface area contributed by atoms with Crippen molar-refractivity contribution in [2.24, 2.45) is 4.99 Å². The van der Waals surface area contributed by atoms with Gasteiger partial charge < -0.3 is 4.90 Å². The van der Waals surface area contributed by atoms with Gasteiger partial charge in [0.1, 0.15) is 0 Å². The highest BCUT2D eigenvalue weighted by molar-refractivity contribution is 14.1. The van der Waals surface area contributed by atoms with Crippen LogP contribution in [0, 0.1) is 10.5 Å². The molecule has 108 valence electrons. The summed E-state index contributed by atoms with van der Waals surface area (Å²) in [6.45, 7) is 4.54. The Morgan fingerprint density at radius 2 is 1.86 bits per heavy atom. The predicted octanol–water partition coefficient (Wildman–Crippen LogP) is 4.95. The van der Waals surface area contributed by atoms with Gasteiger partial charge >= 0.3 is 0 Å². The van der Waals surface area contributed by atoms with Crippen molar-refractivity contribution in [3.63, 3.8) is 0 Å². The molecule has 0 unspecified atom stereocenters. The van der Waals surface area contributed by atoms with Crippen molar-refractivity contribution in [2.45, 2.75) is 19.8 Å². The molecule has 0 aromatic heterocycles. The van der Waals surface area contributed by atoms with Crippen LogP contribution in [0.25, 0.3) is 0 Å². The van der Waals surface area contributed by atoms with E-state index in [-0.39, 0.29) is 0 Å². The Kier molecular flexibility index (Phi) is 4.58. The van der Waals surface area contributed by atoms with E-state index in [1.807, 2.05) is 24.4 Å². The fourth-order valence-corrected chi connectivity index (χ4v) is 3.20. The highest BCUT2D eigenvalue weighted by Gasteiger charge is 2.12. The molecule has 0 saturated carbocycles. The summed E-state index contributed by atoms with van der Waals surface area (Å²) in [6.07, 6.45) is 4.60. The lowest BCUT2D eigenvalue weighted by molar-refractivity contribution is 0.949. The Bertz CT molecular complexity index is 658. The number of halogens is 1. The molecule has 3 heteroatoms. The van der Waals surface area contributed by atoms with Gasteiger partial charge in [0.15, 0.2) is 0 Å². The van der Waals surface area contributed by atoms with Crippen LogP contribution >= 0.6 is 22.6 Å². The summed E-state index contributed by atoms with van der Waals surface area (Å²) in [5.41, 5.74) is 4.85. The van der Waals surface area contributed by atoms with Gasteiger partial charge in [0, 0.05) is 28.6 Å². The standard InChI is InChI=1S/C18H19IN2/c1-14-12-16(21-10-4-5-11-21)9-8-15(14)13-20-18-7-3-2-6-17(18)19/h2-3,6-9,12-13H,4-5,10-11H2,1H3. The molecule has 21 heavy (non-hydrogen) atoms. The summed E-state index contributed by atoms with van der Waals surface area (Å²) in [5.74, 6) is 0. The van der Waals surface area contributed by atoms with Crippen molar-refractivity contribution < 1.29 is 0 Å². The number of benzene rings is 2. The van der Waals surface area contributed by atoms with Crippen LogP contribution < -0.4 is 4.90 Å². The average Bonchev–Trinajstić information content (AvgIpc) is 3.02. The molecule has 1 aliphatic heterocycles. The summed E-state index contributed by atoms with van der Waals surface area (Å²) in [6, 6.07) is 14.9. The van der Waals surface area contributed by atoms with Gasteiger partial charge in [0.25, 0.3) is 0 Å². The summed E-state index contributed by atoms with van der Waals surface area (Å²) < 4.78 is 1.18. The Labute approximate surface area is 140 Å². The Morgan fingerprint density at radius 1 is 1.10 bits per heavy atom. The van der Waals surface area contributed by atoms with E-state index in [1.54, 1.807) is 0 Å². The molecule has 0 N–H and O–H groups in total. The molecule has 0 spiro atoms. The molecule has 2 nitrogen and oxygen atoms in total. The van der Waals surface area contributed by atoms with E-state index in [1.165, 1.54) is 46.3 Å². The van der Waals surface area contributed by atoms with Gasteiger partial charge in [-0.2, -0.15) is 0 Å². The van der Waals surface area contributed by atoms with E-state index in [4.69, 9.17) is 0 Å². The maximum Gasteiger partial charge on any atom is 0.0763 e. The second-order valence-electron chi connectivity index (χ2n) is 5.44. The Balaban J connectivity index is 1.81. The van der Waals surface area contributed by atoms with Gasteiger partial charge in [0.05, 0.1) is 5.69 Å². The van der Waals surface area contributed by atoms with E-state index in [0.29, 0.717) is 0 Å². The minimum atomic E-state index is 1.03. The predicted molar refractivity (Wildman–Crippen MR) is 99.0 cm³/mol. The zero-order chi connectivity index (χ0) is 14.7. The minimum absolute atomic E-state index is 1.03. The monoisotopic (exact) mass is 390 g/mol. The Hall–Kier alpha value is -1.36. The first-order valence-electron chi connectivity index (χ1n) is 7.38. The zero-order valence-electron chi connectivity index (χ0n) is 12.2. The number of nitrogens with zero attached hydrogens (tertiary/aromatic N) is 2. The highest BCUT2D eigenvalue weighted by atomic mass is 127. The molecule has 0 amide bonds. The van der Waals surface area contributed by atoms with Crippen molar-refractivity contribution in [1.29, 1.82) is 0 Å².